The summed E-state index contributed by atoms with van der Waals surface area (Å²) in [6.07, 6.45) is 0. The molecule has 0 aliphatic heterocycles. The Morgan fingerprint density at radius 2 is 1.76 bits per heavy atom. The molecular weight excluding hydrogens is 508 g/mol. The third-order valence-corrected chi connectivity index (χ3v) is 7.48. The number of rotatable bonds is 4. The van der Waals surface area contributed by atoms with Gasteiger partial charge in [0.25, 0.3) is 10.0 Å². The number of nitrogens with one attached hydrogen (secondary N) is 1. The second kappa shape index (κ2) is 6.67. The van der Waals surface area contributed by atoms with E-state index < -0.39 is 10.0 Å². The highest BCUT2D eigenvalue weighted by Gasteiger charge is 2.21. The lowest BCUT2D eigenvalue weighted by Gasteiger charge is -2.11. The average Bonchev–Trinajstić information content (AvgIpc) is 2.76. The van der Waals surface area contributed by atoms with Crippen molar-refractivity contribution in [2.45, 2.75) is 17.7 Å². The molecule has 9 heteroatoms. The Labute approximate surface area is 152 Å². The Kier molecular flexibility index (Phi) is 5.54. The highest BCUT2D eigenvalue weighted by Crippen LogP contribution is 2.36. The molecule has 21 heavy (non-hydrogen) atoms. The van der Waals surface area contributed by atoms with E-state index in [1.165, 1.54) is 11.3 Å². The molecule has 0 atom stereocenters. The predicted molar refractivity (Wildman–Crippen MR) is 97.3 cm³/mol. The molecule has 114 valence electrons. The molecule has 0 amide bonds. The number of thiophene rings is 1. The number of hydrogen-bond donors (Lipinski definition) is 2. The molecule has 0 unspecified atom stereocenters. The Morgan fingerprint density at radius 1 is 1.19 bits per heavy atom. The normalized spacial score (nSPS) is 11.7. The number of hydrogen-bond acceptors (Lipinski definition) is 4. The van der Waals surface area contributed by atoms with Crippen molar-refractivity contribution in [3.05, 3.63) is 42.1 Å². The molecule has 1 heterocycles. The van der Waals surface area contributed by atoms with Gasteiger partial charge in [-0.25, -0.2) is 8.42 Å². The van der Waals surface area contributed by atoms with Gasteiger partial charge in [-0.15, -0.1) is 11.3 Å². The van der Waals surface area contributed by atoms with Gasteiger partial charge < -0.3 is 5.73 Å². The first-order valence-electron chi connectivity index (χ1n) is 5.71. The minimum atomic E-state index is -3.65. The van der Waals surface area contributed by atoms with Crippen molar-refractivity contribution in [1.82, 2.24) is 0 Å². The maximum Gasteiger partial charge on any atom is 0.271 e. The summed E-state index contributed by atoms with van der Waals surface area (Å²) in [6, 6.07) is 5.18. The molecule has 1 aromatic heterocycles. The van der Waals surface area contributed by atoms with Crippen LogP contribution in [0.25, 0.3) is 0 Å². The fraction of sp³-hybridized carbons (Fsp3) is 0.167. The minimum absolute atomic E-state index is 0.252. The quantitative estimate of drug-likeness (QED) is 0.621. The Hall–Kier alpha value is 0.0700. The molecule has 0 aliphatic carbocycles. The van der Waals surface area contributed by atoms with E-state index in [9.17, 15) is 8.42 Å². The molecule has 0 saturated carbocycles. The molecule has 4 nitrogen and oxygen atoms in total. The van der Waals surface area contributed by atoms with Crippen molar-refractivity contribution >= 4 is 74.8 Å². The van der Waals surface area contributed by atoms with Crippen molar-refractivity contribution in [2.75, 3.05) is 4.72 Å². The Balaban J connectivity index is 2.42. The topological polar surface area (TPSA) is 72.2 Å². The van der Waals surface area contributed by atoms with E-state index in [-0.39, 0.29) is 4.21 Å². The minimum Gasteiger partial charge on any atom is -0.326 e. The summed E-state index contributed by atoms with van der Waals surface area (Å²) in [6.45, 7) is 2.18. The van der Waals surface area contributed by atoms with Crippen LogP contribution in [0.2, 0.25) is 0 Å². The van der Waals surface area contributed by atoms with Crippen LogP contribution in [0.15, 0.2) is 35.8 Å². The first-order chi connectivity index (χ1) is 9.74. The fourth-order valence-electron chi connectivity index (χ4n) is 1.65. The van der Waals surface area contributed by atoms with E-state index in [2.05, 4.69) is 52.5 Å². The van der Waals surface area contributed by atoms with Crippen LogP contribution in [0.1, 0.15) is 10.4 Å². The van der Waals surface area contributed by atoms with Crippen LogP contribution in [-0.2, 0) is 16.6 Å². The van der Waals surface area contributed by atoms with Gasteiger partial charge in [0.15, 0.2) is 0 Å². The van der Waals surface area contributed by atoms with Crippen molar-refractivity contribution in [1.29, 1.82) is 0 Å². The van der Waals surface area contributed by atoms with Crippen molar-refractivity contribution in [3.8, 4) is 0 Å². The van der Waals surface area contributed by atoms with Gasteiger partial charge >= 0.3 is 0 Å². The molecule has 0 bridgehead atoms. The third-order valence-electron chi connectivity index (χ3n) is 2.69. The standard InChI is InChI=1S/C12H11Br3N2O2S2/c1-6-2-11(20-10(6)5-16)21(18,19)17-12-8(14)3-7(13)4-9(12)15/h2-4,17H,5,16H2,1H3. The fourth-order valence-corrected chi connectivity index (χ4v) is 6.94. The summed E-state index contributed by atoms with van der Waals surface area (Å²) in [5.41, 5.74) is 6.94. The zero-order valence-corrected chi connectivity index (χ0v) is 17.2. The maximum absolute atomic E-state index is 12.5. The molecule has 0 fully saturated rings. The van der Waals surface area contributed by atoms with Crippen LogP contribution < -0.4 is 10.5 Å². The molecule has 1 aromatic carbocycles. The molecule has 2 rings (SSSR count). The summed E-state index contributed by atoms with van der Waals surface area (Å²) in [5, 5.41) is 0. The number of sulfonamides is 1. The number of anilines is 1. The molecule has 0 saturated heterocycles. The van der Waals surface area contributed by atoms with Crippen LogP contribution in [0, 0.1) is 6.92 Å². The summed E-state index contributed by atoms with van der Waals surface area (Å²) >= 11 is 11.2. The van der Waals surface area contributed by atoms with Crippen molar-refractivity contribution in [2.24, 2.45) is 5.73 Å². The predicted octanol–water partition coefficient (Wildman–Crippen LogP) is 4.60. The molecule has 0 radical (unpaired) electrons. The lowest BCUT2D eigenvalue weighted by molar-refractivity contribution is 0.603. The van der Waals surface area contributed by atoms with Crippen LogP contribution in [0.5, 0.6) is 0 Å². The average molecular weight is 519 g/mol. The van der Waals surface area contributed by atoms with Crippen LogP contribution in [0.3, 0.4) is 0 Å². The van der Waals surface area contributed by atoms with Crippen molar-refractivity contribution < 1.29 is 8.42 Å². The van der Waals surface area contributed by atoms with E-state index in [1.807, 2.05) is 6.92 Å². The maximum atomic E-state index is 12.5. The van der Waals surface area contributed by atoms with Gasteiger partial charge in [0.2, 0.25) is 0 Å². The van der Waals surface area contributed by atoms with Gasteiger partial charge in [0.05, 0.1) is 5.69 Å². The van der Waals surface area contributed by atoms with E-state index in [1.54, 1.807) is 18.2 Å². The number of nitrogens with two attached hydrogens (primary N) is 1. The van der Waals surface area contributed by atoms with E-state index in [0.717, 1.165) is 14.9 Å². The Morgan fingerprint density at radius 3 is 2.24 bits per heavy atom. The number of benzene rings is 1. The van der Waals surface area contributed by atoms with Crippen LogP contribution in [-0.4, -0.2) is 8.42 Å². The van der Waals surface area contributed by atoms with Gasteiger partial charge in [-0.3, -0.25) is 4.72 Å². The van der Waals surface area contributed by atoms with Gasteiger partial charge in [-0.1, -0.05) is 15.9 Å². The molecular formula is C12H11Br3N2O2S2. The highest BCUT2D eigenvalue weighted by atomic mass is 79.9. The lowest BCUT2D eigenvalue weighted by atomic mass is 10.3. The number of halogens is 3. The molecule has 2 aromatic rings. The van der Waals surface area contributed by atoms with Gasteiger partial charge in [0, 0.05) is 24.8 Å². The van der Waals surface area contributed by atoms with Gasteiger partial charge in [-0.05, 0) is 62.5 Å². The molecule has 0 spiro atoms. The van der Waals surface area contributed by atoms with E-state index in [0.29, 0.717) is 21.2 Å². The second-order valence-electron chi connectivity index (χ2n) is 4.23. The molecule has 0 aliphatic rings. The summed E-state index contributed by atoms with van der Waals surface area (Å²) in [7, 11) is -3.65. The Bertz CT molecular complexity index is 765. The van der Waals surface area contributed by atoms with E-state index >= 15 is 0 Å². The van der Waals surface area contributed by atoms with E-state index in [4.69, 9.17) is 5.73 Å². The number of aryl methyl sites for hydroxylation is 1. The lowest BCUT2D eigenvalue weighted by Crippen LogP contribution is -2.12. The second-order valence-corrected chi connectivity index (χ2v) is 9.90. The highest BCUT2D eigenvalue weighted by molar-refractivity contribution is 9.11. The van der Waals surface area contributed by atoms with Gasteiger partial charge in [-0.2, -0.15) is 0 Å². The zero-order valence-electron chi connectivity index (χ0n) is 10.8. The monoisotopic (exact) mass is 516 g/mol. The van der Waals surface area contributed by atoms with Gasteiger partial charge in [0.1, 0.15) is 4.21 Å². The first-order valence-corrected chi connectivity index (χ1v) is 10.4. The first kappa shape index (κ1) is 17.4. The van der Waals surface area contributed by atoms with Crippen LogP contribution >= 0.6 is 59.1 Å². The molecule has 3 N–H and O–H groups in total. The third kappa shape index (κ3) is 3.89. The largest absolute Gasteiger partial charge is 0.326 e. The summed E-state index contributed by atoms with van der Waals surface area (Å²) in [4.78, 5) is 0.865. The summed E-state index contributed by atoms with van der Waals surface area (Å²) < 4.78 is 29.9. The smallest absolute Gasteiger partial charge is 0.271 e. The zero-order chi connectivity index (χ0) is 15.8. The van der Waals surface area contributed by atoms with Crippen LogP contribution in [0.4, 0.5) is 5.69 Å². The summed E-state index contributed by atoms with van der Waals surface area (Å²) in [5.74, 6) is 0. The van der Waals surface area contributed by atoms with Crippen molar-refractivity contribution in [3.63, 3.8) is 0 Å². The SMILES string of the molecule is Cc1cc(S(=O)(=O)Nc2c(Br)cc(Br)cc2Br)sc1CN.